The van der Waals surface area contributed by atoms with Crippen molar-refractivity contribution >= 4 is 0 Å². The van der Waals surface area contributed by atoms with Crippen molar-refractivity contribution < 1.29 is 5.11 Å². The quantitative estimate of drug-likeness (QED) is 0.860. The maximum atomic E-state index is 11.4. The summed E-state index contributed by atoms with van der Waals surface area (Å²) in [6, 6.07) is 8.44. The van der Waals surface area contributed by atoms with Crippen LogP contribution >= 0.6 is 0 Å². The molecule has 1 aromatic rings. The topological polar surface area (TPSA) is 46.2 Å². The molecule has 0 bridgehead atoms. The molecule has 0 amide bonds. The van der Waals surface area contributed by atoms with Crippen LogP contribution in [0.4, 0.5) is 0 Å². The molecule has 2 heteroatoms. The van der Waals surface area contributed by atoms with Crippen LogP contribution in [-0.2, 0) is 12.0 Å². The Kier molecular flexibility index (Phi) is 5.11. The number of aliphatic hydroxyl groups is 1. The molecule has 1 aliphatic carbocycles. The Morgan fingerprint density at radius 2 is 1.95 bits per heavy atom. The van der Waals surface area contributed by atoms with E-state index in [1.54, 1.807) is 0 Å². The van der Waals surface area contributed by atoms with Crippen molar-refractivity contribution in [3.8, 4) is 0 Å². The van der Waals surface area contributed by atoms with Crippen LogP contribution in [0.5, 0.6) is 0 Å². The van der Waals surface area contributed by atoms with E-state index >= 15 is 0 Å². The van der Waals surface area contributed by atoms with E-state index in [-0.39, 0.29) is 5.41 Å². The standard InChI is InChI=1S/C19H31NO/c1-4-15-8-10-17(11-9-15)18(3,21)19(14-20)12-6-7-16(5-2)13-19/h8-11,16,21H,4-7,12-14,20H2,1-3H3. The van der Waals surface area contributed by atoms with Crippen LogP contribution in [-0.4, -0.2) is 11.7 Å². The number of nitrogens with two attached hydrogens (primary N) is 1. The summed E-state index contributed by atoms with van der Waals surface area (Å²) >= 11 is 0. The third-order valence-corrected chi connectivity index (χ3v) is 5.87. The number of hydrogen-bond donors (Lipinski definition) is 2. The van der Waals surface area contributed by atoms with E-state index in [9.17, 15) is 5.11 Å². The highest BCUT2D eigenvalue weighted by Crippen LogP contribution is 2.51. The molecule has 0 radical (unpaired) electrons. The molecule has 1 fully saturated rings. The van der Waals surface area contributed by atoms with Crippen LogP contribution in [0.2, 0.25) is 0 Å². The molecular formula is C19H31NO. The minimum Gasteiger partial charge on any atom is -0.385 e. The summed E-state index contributed by atoms with van der Waals surface area (Å²) < 4.78 is 0. The van der Waals surface area contributed by atoms with Crippen molar-refractivity contribution in [1.82, 2.24) is 0 Å². The SMILES string of the molecule is CCc1ccc(C(C)(O)C2(CN)CCCC(CC)C2)cc1. The molecule has 1 aliphatic rings. The Labute approximate surface area is 129 Å². The predicted molar refractivity (Wildman–Crippen MR) is 89.1 cm³/mol. The van der Waals surface area contributed by atoms with E-state index in [1.165, 1.54) is 24.8 Å². The van der Waals surface area contributed by atoms with Gasteiger partial charge in [-0.3, -0.25) is 0 Å². The lowest BCUT2D eigenvalue weighted by molar-refractivity contribution is -0.102. The summed E-state index contributed by atoms with van der Waals surface area (Å²) in [5.41, 5.74) is 7.48. The second-order valence-corrected chi connectivity index (χ2v) is 6.98. The van der Waals surface area contributed by atoms with Gasteiger partial charge in [-0.25, -0.2) is 0 Å². The van der Waals surface area contributed by atoms with Crippen molar-refractivity contribution in [2.24, 2.45) is 17.1 Å². The van der Waals surface area contributed by atoms with Crippen molar-refractivity contribution in [2.45, 2.75) is 64.9 Å². The molecule has 21 heavy (non-hydrogen) atoms. The summed E-state index contributed by atoms with van der Waals surface area (Å²) in [6.45, 7) is 6.94. The average molecular weight is 289 g/mol. The summed E-state index contributed by atoms with van der Waals surface area (Å²) in [6.07, 6.45) is 6.75. The van der Waals surface area contributed by atoms with Crippen LogP contribution in [0, 0.1) is 11.3 Å². The zero-order valence-electron chi connectivity index (χ0n) is 13.9. The molecular weight excluding hydrogens is 258 g/mol. The first-order chi connectivity index (χ1) is 9.99. The van der Waals surface area contributed by atoms with Gasteiger partial charge in [0.1, 0.15) is 0 Å². The molecule has 0 aromatic heterocycles. The fourth-order valence-electron chi connectivity index (χ4n) is 4.03. The Bertz CT molecular complexity index is 451. The third-order valence-electron chi connectivity index (χ3n) is 5.87. The lowest BCUT2D eigenvalue weighted by Gasteiger charge is -2.50. The highest BCUT2D eigenvalue weighted by Gasteiger charge is 2.49. The predicted octanol–water partition coefficient (Wildman–Crippen LogP) is 4.00. The number of rotatable bonds is 5. The molecule has 3 unspecified atom stereocenters. The van der Waals surface area contributed by atoms with E-state index in [2.05, 4.69) is 38.1 Å². The van der Waals surface area contributed by atoms with Crippen LogP contribution < -0.4 is 5.73 Å². The molecule has 1 saturated carbocycles. The van der Waals surface area contributed by atoms with Gasteiger partial charge in [0.25, 0.3) is 0 Å². The molecule has 1 aromatic carbocycles. The van der Waals surface area contributed by atoms with Gasteiger partial charge in [-0.2, -0.15) is 0 Å². The van der Waals surface area contributed by atoms with Gasteiger partial charge in [0.05, 0.1) is 5.60 Å². The van der Waals surface area contributed by atoms with Crippen LogP contribution in [0.25, 0.3) is 0 Å². The number of benzene rings is 1. The largest absolute Gasteiger partial charge is 0.385 e. The van der Waals surface area contributed by atoms with E-state index < -0.39 is 5.60 Å². The second kappa shape index (κ2) is 6.50. The lowest BCUT2D eigenvalue weighted by atomic mass is 9.59. The first kappa shape index (κ1) is 16.5. The smallest absolute Gasteiger partial charge is 0.0936 e. The fourth-order valence-corrected chi connectivity index (χ4v) is 4.03. The van der Waals surface area contributed by atoms with Crippen LogP contribution in [0.15, 0.2) is 24.3 Å². The maximum absolute atomic E-state index is 11.4. The highest BCUT2D eigenvalue weighted by atomic mass is 16.3. The lowest BCUT2D eigenvalue weighted by Crippen LogP contribution is -2.51. The van der Waals surface area contributed by atoms with Gasteiger partial charge in [-0.15, -0.1) is 0 Å². The van der Waals surface area contributed by atoms with Gasteiger partial charge in [0.15, 0.2) is 0 Å². The zero-order valence-corrected chi connectivity index (χ0v) is 13.9. The summed E-state index contributed by atoms with van der Waals surface area (Å²) in [7, 11) is 0. The summed E-state index contributed by atoms with van der Waals surface area (Å²) in [5.74, 6) is 0.698. The molecule has 0 aliphatic heterocycles. The Morgan fingerprint density at radius 3 is 2.48 bits per heavy atom. The van der Waals surface area contributed by atoms with Gasteiger partial charge < -0.3 is 10.8 Å². The van der Waals surface area contributed by atoms with Crippen molar-refractivity contribution in [2.75, 3.05) is 6.54 Å². The molecule has 2 rings (SSSR count). The summed E-state index contributed by atoms with van der Waals surface area (Å²) in [4.78, 5) is 0. The molecule has 3 N–H and O–H groups in total. The molecule has 0 spiro atoms. The highest BCUT2D eigenvalue weighted by molar-refractivity contribution is 5.29. The monoisotopic (exact) mass is 289 g/mol. The Hall–Kier alpha value is -0.860. The maximum Gasteiger partial charge on any atom is 0.0936 e. The van der Waals surface area contributed by atoms with E-state index in [1.807, 2.05) is 6.92 Å². The minimum absolute atomic E-state index is 0.181. The van der Waals surface area contributed by atoms with Gasteiger partial charge in [0, 0.05) is 12.0 Å². The van der Waals surface area contributed by atoms with Crippen LogP contribution in [0.1, 0.15) is 64.0 Å². The molecule has 118 valence electrons. The number of aryl methyl sites for hydroxylation is 1. The zero-order chi connectivity index (χ0) is 15.5. The van der Waals surface area contributed by atoms with Gasteiger partial charge >= 0.3 is 0 Å². The van der Waals surface area contributed by atoms with Crippen molar-refractivity contribution in [1.29, 1.82) is 0 Å². The molecule has 3 atom stereocenters. The molecule has 0 saturated heterocycles. The van der Waals surface area contributed by atoms with Gasteiger partial charge in [-0.1, -0.05) is 57.4 Å². The first-order valence-electron chi connectivity index (χ1n) is 8.51. The van der Waals surface area contributed by atoms with E-state index in [0.29, 0.717) is 12.5 Å². The van der Waals surface area contributed by atoms with Gasteiger partial charge in [-0.05, 0) is 43.2 Å². The first-order valence-corrected chi connectivity index (χ1v) is 8.51. The molecule has 0 heterocycles. The van der Waals surface area contributed by atoms with Gasteiger partial charge in [0.2, 0.25) is 0 Å². The Balaban J connectivity index is 2.33. The minimum atomic E-state index is -0.845. The molecule has 2 nitrogen and oxygen atoms in total. The van der Waals surface area contributed by atoms with Crippen LogP contribution in [0.3, 0.4) is 0 Å². The average Bonchev–Trinajstić information content (AvgIpc) is 2.54. The Morgan fingerprint density at radius 1 is 1.29 bits per heavy atom. The normalized spacial score (nSPS) is 29.1. The van der Waals surface area contributed by atoms with E-state index in [0.717, 1.165) is 24.8 Å². The van der Waals surface area contributed by atoms with Crippen molar-refractivity contribution in [3.63, 3.8) is 0 Å². The third kappa shape index (κ3) is 3.02. The van der Waals surface area contributed by atoms with Crippen molar-refractivity contribution in [3.05, 3.63) is 35.4 Å². The second-order valence-electron chi connectivity index (χ2n) is 6.98. The fraction of sp³-hybridized carbons (Fsp3) is 0.684. The van der Waals surface area contributed by atoms with E-state index in [4.69, 9.17) is 5.73 Å². The summed E-state index contributed by atoms with van der Waals surface area (Å²) in [5, 5.41) is 11.4. The number of hydrogen-bond acceptors (Lipinski definition) is 2.